The van der Waals surface area contributed by atoms with Crippen LogP contribution >= 0.6 is 0 Å². The number of esters is 1. The van der Waals surface area contributed by atoms with Crippen LogP contribution in [0.15, 0.2) is 66.9 Å². The van der Waals surface area contributed by atoms with E-state index in [1.165, 1.54) is 11.1 Å². The topological polar surface area (TPSA) is 54.9 Å². The van der Waals surface area contributed by atoms with Gasteiger partial charge in [0.2, 0.25) is 0 Å². The van der Waals surface area contributed by atoms with E-state index in [1.807, 2.05) is 13.8 Å². The van der Waals surface area contributed by atoms with Crippen LogP contribution in [0.4, 0.5) is 5.82 Å². The minimum absolute atomic E-state index is 0.137. The van der Waals surface area contributed by atoms with Crippen LogP contribution < -0.4 is 9.64 Å². The number of carbonyl (C=O) groups excluding carboxylic acids is 1. The van der Waals surface area contributed by atoms with E-state index in [0.29, 0.717) is 18.0 Å². The molecule has 1 aromatic heterocycles. The van der Waals surface area contributed by atoms with Crippen molar-refractivity contribution in [2.75, 3.05) is 31.1 Å². The molecule has 196 valence electrons. The summed E-state index contributed by atoms with van der Waals surface area (Å²) in [5, 5.41) is 0. The predicted molar refractivity (Wildman–Crippen MR) is 148 cm³/mol. The van der Waals surface area contributed by atoms with Crippen LogP contribution in [-0.4, -0.2) is 48.1 Å². The van der Waals surface area contributed by atoms with Crippen molar-refractivity contribution in [1.29, 1.82) is 0 Å². The summed E-state index contributed by atoms with van der Waals surface area (Å²) in [5.74, 6) is 1.29. The summed E-state index contributed by atoms with van der Waals surface area (Å²) in [7, 11) is 0. The van der Waals surface area contributed by atoms with Crippen molar-refractivity contribution in [2.45, 2.75) is 59.3 Å². The molecular weight excluding hydrogens is 462 g/mol. The highest BCUT2D eigenvalue weighted by molar-refractivity contribution is 5.94. The summed E-state index contributed by atoms with van der Waals surface area (Å²) in [6.45, 7) is 15.2. The first-order chi connectivity index (χ1) is 17.7. The molecule has 0 atom stereocenters. The minimum Gasteiger partial charge on any atom is -0.489 e. The maximum Gasteiger partial charge on any atom is 0.342 e. The lowest BCUT2D eigenvalue weighted by Gasteiger charge is -2.36. The Balaban J connectivity index is 1.31. The Labute approximate surface area is 221 Å². The Morgan fingerprint density at radius 1 is 0.946 bits per heavy atom. The van der Waals surface area contributed by atoms with Crippen molar-refractivity contribution < 1.29 is 14.3 Å². The van der Waals surface area contributed by atoms with Gasteiger partial charge < -0.3 is 14.4 Å². The summed E-state index contributed by atoms with van der Waals surface area (Å²) >= 11 is 0. The lowest BCUT2D eigenvalue weighted by atomic mass is 9.87. The average molecular weight is 502 g/mol. The van der Waals surface area contributed by atoms with Gasteiger partial charge in [0.15, 0.2) is 0 Å². The summed E-state index contributed by atoms with van der Waals surface area (Å²) in [5.41, 5.74) is 4.41. The van der Waals surface area contributed by atoms with Crippen molar-refractivity contribution in [3.05, 3.63) is 89.1 Å². The van der Waals surface area contributed by atoms with Crippen molar-refractivity contribution in [1.82, 2.24) is 9.88 Å². The normalized spacial score (nSPS) is 14.6. The third-order valence-corrected chi connectivity index (χ3v) is 6.54. The Morgan fingerprint density at radius 3 is 2.32 bits per heavy atom. The summed E-state index contributed by atoms with van der Waals surface area (Å²) < 4.78 is 11.5. The zero-order valence-corrected chi connectivity index (χ0v) is 22.7. The number of benzene rings is 2. The monoisotopic (exact) mass is 501 g/mol. The molecule has 1 aliphatic rings. The Morgan fingerprint density at radius 2 is 1.65 bits per heavy atom. The molecule has 0 spiro atoms. The Hall–Kier alpha value is -3.38. The van der Waals surface area contributed by atoms with Crippen LogP contribution in [0.1, 0.15) is 61.7 Å². The zero-order valence-electron chi connectivity index (χ0n) is 22.7. The zero-order chi connectivity index (χ0) is 26.4. The molecule has 0 saturated carbocycles. The largest absolute Gasteiger partial charge is 0.489 e. The van der Waals surface area contributed by atoms with Crippen LogP contribution in [-0.2, 0) is 23.3 Å². The average Bonchev–Trinajstić information content (AvgIpc) is 2.87. The van der Waals surface area contributed by atoms with Crippen LogP contribution in [0.25, 0.3) is 0 Å². The number of nitrogens with zero attached hydrogens (tertiary/aromatic N) is 3. The van der Waals surface area contributed by atoms with Crippen molar-refractivity contribution in [3.8, 4) is 5.75 Å². The van der Waals surface area contributed by atoms with Gasteiger partial charge in [0, 0.05) is 38.9 Å². The third kappa shape index (κ3) is 7.32. The molecule has 0 amide bonds. The van der Waals surface area contributed by atoms with Crippen LogP contribution in [0, 0.1) is 0 Å². The minimum atomic E-state index is -0.315. The van der Waals surface area contributed by atoms with E-state index in [2.05, 4.69) is 84.1 Å². The van der Waals surface area contributed by atoms with E-state index in [-0.39, 0.29) is 17.5 Å². The lowest BCUT2D eigenvalue weighted by Crippen LogP contribution is -2.46. The number of aromatic nitrogens is 1. The number of ether oxygens (including phenoxy) is 2. The van der Waals surface area contributed by atoms with Gasteiger partial charge in [-0.15, -0.1) is 0 Å². The van der Waals surface area contributed by atoms with Crippen LogP contribution in [0.2, 0.25) is 0 Å². The molecular formula is C31H39N3O3. The first-order valence-electron chi connectivity index (χ1n) is 13.1. The molecule has 0 unspecified atom stereocenters. The first-order valence-corrected chi connectivity index (χ1v) is 13.1. The molecule has 4 rings (SSSR count). The quantitative estimate of drug-likeness (QED) is 0.361. The highest BCUT2D eigenvalue weighted by atomic mass is 16.5. The molecule has 0 radical (unpaired) electrons. The molecule has 2 heterocycles. The second-order valence-corrected chi connectivity index (χ2v) is 11.0. The molecule has 0 aliphatic carbocycles. The highest BCUT2D eigenvalue weighted by Gasteiger charge is 2.24. The number of rotatable bonds is 8. The van der Waals surface area contributed by atoms with Gasteiger partial charge in [-0.3, -0.25) is 4.90 Å². The van der Waals surface area contributed by atoms with Gasteiger partial charge in [-0.1, -0.05) is 57.2 Å². The number of hydrogen-bond donors (Lipinski definition) is 0. The number of piperazine rings is 1. The van der Waals surface area contributed by atoms with Gasteiger partial charge in [0.25, 0.3) is 0 Å². The molecule has 3 aromatic rings. The van der Waals surface area contributed by atoms with Gasteiger partial charge in [0.05, 0.1) is 6.10 Å². The van der Waals surface area contributed by atoms with Gasteiger partial charge in [-0.2, -0.15) is 0 Å². The van der Waals surface area contributed by atoms with Crippen molar-refractivity contribution >= 4 is 11.8 Å². The first kappa shape index (κ1) is 26.7. The molecule has 6 nitrogen and oxygen atoms in total. The second kappa shape index (κ2) is 11.8. The van der Waals surface area contributed by atoms with Gasteiger partial charge in [-0.25, -0.2) is 9.78 Å². The van der Waals surface area contributed by atoms with E-state index in [4.69, 9.17) is 9.47 Å². The maximum atomic E-state index is 12.5. The fourth-order valence-corrected chi connectivity index (χ4v) is 4.50. The predicted octanol–water partition coefficient (Wildman–Crippen LogP) is 5.85. The SMILES string of the molecule is CC(C)OC(=O)c1cccnc1N1CCN(Cc2cccc(COc3ccc(C(C)(C)C)cc3)c2)CC1. The number of pyridine rings is 1. The van der Waals surface area contributed by atoms with Crippen molar-refractivity contribution in [2.24, 2.45) is 0 Å². The van der Waals surface area contributed by atoms with E-state index in [1.54, 1.807) is 18.3 Å². The smallest absolute Gasteiger partial charge is 0.342 e. The lowest BCUT2D eigenvalue weighted by molar-refractivity contribution is 0.0378. The van der Waals surface area contributed by atoms with Crippen LogP contribution in [0.5, 0.6) is 5.75 Å². The second-order valence-electron chi connectivity index (χ2n) is 11.0. The van der Waals surface area contributed by atoms with Crippen molar-refractivity contribution in [3.63, 3.8) is 0 Å². The fourth-order valence-electron chi connectivity index (χ4n) is 4.50. The Kier molecular flexibility index (Phi) is 8.49. The molecule has 2 aromatic carbocycles. The summed E-state index contributed by atoms with van der Waals surface area (Å²) in [6.07, 6.45) is 1.58. The van der Waals surface area contributed by atoms with Gasteiger partial charge in [0.1, 0.15) is 23.7 Å². The van der Waals surface area contributed by atoms with E-state index in [0.717, 1.165) is 44.0 Å². The molecule has 0 N–H and O–H groups in total. The van der Waals surface area contributed by atoms with Gasteiger partial charge in [-0.05, 0) is 60.2 Å². The molecule has 37 heavy (non-hydrogen) atoms. The maximum absolute atomic E-state index is 12.5. The molecule has 6 heteroatoms. The highest BCUT2D eigenvalue weighted by Crippen LogP contribution is 2.25. The number of anilines is 1. The molecule has 1 saturated heterocycles. The third-order valence-electron chi connectivity index (χ3n) is 6.54. The molecule has 0 bridgehead atoms. The summed E-state index contributed by atoms with van der Waals surface area (Å²) in [4.78, 5) is 21.7. The molecule has 1 aliphatic heterocycles. The summed E-state index contributed by atoms with van der Waals surface area (Å²) in [6, 6.07) is 20.6. The van der Waals surface area contributed by atoms with E-state index < -0.39 is 0 Å². The van der Waals surface area contributed by atoms with E-state index >= 15 is 0 Å². The number of hydrogen-bond acceptors (Lipinski definition) is 6. The Bertz CT molecular complexity index is 1180. The number of carbonyl (C=O) groups is 1. The fraction of sp³-hybridized carbons (Fsp3) is 0.419. The standard InChI is InChI=1S/C31H39N3O3/c1-23(2)37-30(35)28-10-7-15-32-29(28)34-18-16-33(17-19-34)21-24-8-6-9-25(20-24)22-36-27-13-11-26(12-14-27)31(3,4)5/h6-15,20,23H,16-19,21-22H2,1-5H3. The molecule has 1 fully saturated rings. The van der Waals surface area contributed by atoms with E-state index in [9.17, 15) is 4.79 Å². The van der Waals surface area contributed by atoms with Gasteiger partial charge >= 0.3 is 5.97 Å². The van der Waals surface area contributed by atoms with Crippen LogP contribution in [0.3, 0.4) is 0 Å².